The lowest BCUT2D eigenvalue weighted by Gasteiger charge is -2.31. The van der Waals surface area contributed by atoms with Gasteiger partial charge in [0.15, 0.2) is 0 Å². The summed E-state index contributed by atoms with van der Waals surface area (Å²) < 4.78 is 0. The first kappa shape index (κ1) is 15.5. The monoisotopic (exact) mass is 295 g/mol. The molecule has 1 saturated heterocycles. The number of thiophene rings is 1. The van der Waals surface area contributed by atoms with Crippen molar-refractivity contribution < 1.29 is 4.79 Å². The molecular weight excluding hydrogens is 270 g/mol. The van der Waals surface area contributed by atoms with Gasteiger partial charge in [-0.2, -0.15) is 0 Å². The fourth-order valence-electron chi connectivity index (χ4n) is 2.59. The second-order valence-corrected chi connectivity index (χ2v) is 6.82. The quantitative estimate of drug-likeness (QED) is 0.841. The molecule has 1 amide bonds. The molecule has 0 bridgehead atoms. The van der Waals surface area contributed by atoms with Crippen LogP contribution in [0.2, 0.25) is 0 Å². The van der Waals surface area contributed by atoms with E-state index in [1.165, 1.54) is 17.7 Å². The predicted molar refractivity (Wildman–Crippen MR) is 83.6 cm³/mol. The first-order valence-electron chi connectivity index (χ1n) is 7.40. The fourth-order valence-corrected chi connectivity index (χ4v) is 3.34. The molecule has 0 aromatic carbocycles. The number of nitrogens with two attached hydrogens (primary N) is 1. The minimum absolute atomic E-state index is 0.0531. The maximum Gasteiger partial charge on any atom is 0.221 e. The van der Waals surface area contributed by atoms with E-state index < -0.39 is 0 Å². The van der Waals surface area contributed by atoms with Crippen LogP contribution in [0.4, 0.5) is 0 Å². The summed E-state index contributed by atoms with van der Waals surface area (Å²) in [5.41, 5.74) is 5.62. The molecule has 0 aliphatic carbocycles. The Morgan fingerprint density at radius 3 is 2.90 bits per heavy atom. The molecule has 1 atom stereocenters. The predicted octanol–water partition coefficient (Wildman–Crippen LogP) is 1.81. The highest BCUT2D eigenvalue weighted by Crippen LogP contribution is 2.20. The van der Waals surface area contributed by atoms with Crippen LogP contribution in [0.25, 0.3) is 0 Å². The number of carbonyl (C=O) groups is 1. The lowest BCUT2D eigenvalue weighted by molar-refractivity contribution is -0.121. The molecule has 1 aliphatic heterocycles. The summed E-state index contributed by atoms with van der Waals surface area (Å²) in [6.45, 7) is 6.00. The van der Waals surface area contributed by atoms with E-state index in [1.54, 1.807) is 0 Å². The van der Waals surface area contributed by atoms with E-state index >= 15 is 0 Å². The minimum Gasteiger partial charge on any atom is -0.356 e. The van der Waals surface area contributed by atoms with Gasteiger partial charge < -0.3 is 11.1 Å². The van der Waals surface area contributed by atoms with E-state index in [9.17, 15) is 4.79 Å². The Hall–Kier alpha value is -0.910. The van der Waals surface area contributed by atoms with E-state index in [4.69, 9.17) is 5.73 Å². The molecule has 2 heterocycles. The summed E-state index contributed by atoms with van der Waals surface area (Å²) in [5, 5.41) is 5.14. The third-order valence-corrected chi connectivity index (χ3v) is 4.62. The Labute approximate surface area is 125 Å². The topological polar surface area (TPSA) is 58.4 Å². The maximum atomic E-state index is 11.6. The summed E-state index contributed by atoms with van der Waals surface area (Å²) >= 11 is 1.83. The zero-order valence-corrected chi connectivity index (χ0v) is 13.0. The Bertz CT molecular complexity index is 397. The second kappa shape index (κ2) is 7.76. The molecule has 20 heavy (non-hydrogen) atoms. The van der Waals surface area contributed by atoms with Crippen molar-refractivity contribution >= 4 is 17.2 Å². The van der Waals surface area contributed by atoms with Crippen LogP contribution in [0.1, 0.15) is 31.1 Å². The van der Waals surface area contributed by atoms with Gasteiger partial charge >= 0.3 is 0 Å². The molecule has 0 spiro atoms. The highest BCUT2D eigenvalue weighted by atomic mass is 32.1. The van der Waals surface area contributed by atoms with E-state index in [2.05, 4.69) is 27.7 Å². The number of nitrogens with zero attached hydrogens (tertiary/aromatic N) is 1. The van der Waals surface area contributed by atoms with Gasteiger partial charge in [-0.1, -0.05) is 6.07 Å². The molecule has 1 aliphatic rings. The molecule has 1 aromatic rings. The van der Waals surface area contributed by atoms with Gasteiger partial charge in [-0.3, -0.25) is 9.69 Å². The zero-order valence-electron chi connectivity index (χ0n) is 12.2. The number of hydrogen-bond acceptors (Lipinski definition) is 4. The highest BCUT2D eigenvalue weighted by molar-refractivity contribution is 7.09. The van der Waals surface area contributed by atoms with Crippen molar-refractivity contribution in [2.24, 2.45) is 11.7 Å². The van der Waals surface area contributed by atoms with Crippen LogP contribution in [-0.4, -0.2) is 36.5 Å². The van der Waals surface area contributed by atoms with Crippen molar-refractivity contribution in [3.8, 4) is 0 Å². The van der Waals surface area contributed by atoms with Gasteiger partial charge in [0.2, 0.25) is 5.91 Å². The van der Waals surface area contributed by atoms with Crippen molar-refractivity contribution in [3.63, 3.8) is 0 Å². The Morgan fingerprint density at radius 1 is 1.55 bits per heavy atom. The Morgan fingerprint density at radius 2 is 2.30 bits per heavy atom. The Balaban J connectivity index is 1.63. The van der Waals surface area contributed by atoms with Gasteiger partial charge in [0, 0.05) is 30.4 Å². The van der Waals surface area contributed by atoms with E-state index in [-0.39, 0.29) is 11.9 Å². The van der Waals surface area contributed by atoms with Gasteiger partial charge in [0.05, 0.1) is 0 Å². The summed E-state index contributed by atoms with van der Waals surface area (Å²) in [4.78, 5) is 15.5. The third-order valence-electron chi connectivity index (χ3n) is 3.76. The Kier molecular flexibility index (Phi) is 6.01. The summed E-state index contributed by atoms with van der Waals surface area (Å²) in [7, 11) is 0. The third kappa shape index (κ3) is 5.23. The lowest BCUT2D eigenvalue weighted by atomic mass is 9.96. The van der Waals surface area contributed by atoms with Crippen LogP contribution in [0.5, 0.6) is 0 Å². The molecule has 1 aromatic heterocycles. The van der Waals surface area contributed by atoms with Crippen LogP contribution < -0.4 is 11.1 Å². The van der Waals surface area contributed by atoms with Gasteiger partial charge in [0.25, 0.3) is 0 Å². The van der Waals surface area contributed by atoms with Crippen molar-refractivity contribution in [2.75, 3.05) is 19.6 Å². The molecule has 0 saturated carbocycles. The molecule has 3 N–H and O–H groups in total. The van der Waals surface area contributed by atoms with E-state index in [0.29, 0.717) is 12.3 Å². The average molecular weight is 295 g/mol. The maximum absolute atomic E-state index is 11.6. The van der Waals surface area contributed by atoms with Crippen molar-refractivity contribution in [1.82, 2.24) is 10.2 Å². The number of piperidine rings is 1. The number of carbonyl (C=O) groups excluding carboxylic acids is 1. The summed E-state index contributed by atoms with van der Waals surface area (Å²) in [5.74, 6) is 0.702. The smallest absolute Gasteiger partial charge is 0.221 e. The van der Waals surface area contributed by atoms with E-state index in [0.717, 1.165) is 26.2 Å². The number of rotatable bonds is 6. The average Bonchev–Trinajstić information content (AvgIpc) is 2.90. The summed E-state index contributed by atoms with van der Waals surface area (Å²) in [6, 6.07) is 4.26. The highest BCUT2D eigenvalue weighted by Gasteiger charge is 2.20. The van der Waals surface area contributed by atoms with Crippen LogP contribution in [0, 0.1) is 5.92 Å². The van der Waals surface area contributed by atoms with Crippen molar-refractivity contribution in [1.29, 1.82) is 0 Å². The molecular formula is C15H25N3OS. The van der Waals surface area contributed by atoms with Gasteiger partial charge in [-0.05, 0) is 50.2 Å². The van der Waals surface area contributed by atoms with Crippen LogP contribution in [0.3, 0.4) is 0 Å². The van der Waals surface area contributed by atoms with Gasteiger partial charge in [0.1, 0.15) is 0 Å². The SMILES string of the molecule is CC(N)CC(=O)NCC1CCN(Cc2cccs2)CC1. The van der Waals surface area contributed by atoms with Crippen LogP contribution >= 0.6 is 11.3 Å². The molecule has 5 heteroatoms. The normalized spacial score (nSPS) is 18.9. The fraction of sp³-hybridized carbons (Fsp3) is 0.667. The molecule has 1 unspecified atom stereocenters. The number of hydrogen-bond donors (Lipinski definition) is 2. The standard InChI is InChI=1S/C15H25N3OS/c1-12(16)9-15(19)17-10-13-4-6-18(7-5-13)11-14-3-2-8-20-14/h2-3,8,12-13H,4-7,9-11,16H2,1H3,(H,17,19). The molecule has 2 rings (SSSR count). The molecule has 1 fully saturated rings. The lowest BCUT2D eigenvalue weighted by Crippen LogP contribution is -2.39. The number of amides is 1. The van der Waals surface area contributed by atoms with Crippen LogP contribution in [0.15, 0.2) is 17.5 Å². The van der Waals surface area contributed by atoms with E-state index in [1.807, 2.05) is 18.3 Å². The number of nitrogens with one attached hydrogen (secondary N) is 1. The zero-order chi connectivity index (χ0) is 14.4. The summed E-state index contributed by atoms with van der Waals surface area (Å²) in [6.07, 6.45) is 2.77. The first-order chi connectivity index (χ1) is 9.63. The second-order valence-electron chi connectivity index (χ2n) is 5.78. The van der Waals surface area contributed by atoms with Gasteiger partial charge in [-0.15, -0.1) is 11.3 Å². The molecule has 0 radical (unpaired) electrons. The van der Waals surface area contributed by atoms with Crippen LogP contribution in [-0.2, 0) is 11.3 Å². The number of likely N-dealkylation sites (tertiary alicyclic amines) is 1. The van der Waals surface area contributed by atoms with Gasteiger partial charge in [-0.25, -0.2) is 0 Å². The minimum atomic E-state index is -0.0531. The largest absolute Gasteiger partial charge is 0.356 e. The van der Waals surface area contributed by atoms with Crippen molar-refractivity contribution in [3.05, 3.63) is 22.4 Å². The molecule has 4 nitrogen and oxygen atoms in total. The molecule has 112 valence electrons. The first-order valence-corrected chi connectivity index (χ1v) is 8.28. The van der Waals surface area contributed by atoms with Crippen molar-refractivity contribution in [2.45, 2.75) is 38.8 Å².